The molecule has 1 aromatic rings. The van der Waals surface area contributed by atoms with Gasteiger partial charge in [0.15, 0.2) is 0 Å². The molecule has 0 fully saturated rings. The summed E-state index contributed by atoms with van der Waals surface area (Å²) in [5, 5.41) is 16.3. The van der Waals surface area contributed by atoms with Crippen molar-refractivity contribution in [3.05, 3.63) is 24.3 Å². The van der Waals surface area contributed by atoms with Crippen LogP contribution in [0, 0.1) is 0 Å². The van der Waals surface area contributed by atoms with E-state index in [1.807, 2.05) is 0 Å². The van der Waals surface area contributed by atoms with Crippen molar-refractivity contribution < 1.29 is 15.7 Å². The molecule has 70 valence electrons. The Labute approximate surface area is 71.6 Å². The van der Waals surface area contributed by atoms with Gasteiger partial charge in [-0.2, -0.15) is 0 Å². The molecule has 1 rings (SSSR count). The number of phenols is 1. The number of aromatic hydroxyl groups is 1. The first-order valence-corrected chi connectivity index (χ1v) is 3.36. The van der Waals surface area contributed by atoms with Gasteiger partial charge in [-0.1, -0.05) is 6.07 Å². The van der Waals surface area contributed by atoms with Gasteiger partial charge in [-0.15, -0.1) is 0 Å². The van der Waals surface area contributed by atoms with Gasteiger partial charge in [0.2, 0.25) is 0 Å². The fourth-order valence-corrected chi connectivity index (χ4v) is 0.525. The number of phenolic OH excluding ortho intramolecular Hbond substituents is 1. The summed E-state index contributed by atoms with van der Waals surface area (Å²) >= 11 is 0. The molecule has 0 aromatic heterocycles. The molecule has 0 radical (unpaired) electrons. The maximum Gasteiger partial charge on any atom is 0.117 e. The molecule has 12 heavy (non-hydrogen) atoms. The number of nitrogen functional groups attached to an aromatic ring is 1. The molecule has 0 aliphatic heterocycles. The summed E-state index contributed by atoms with van der Waals surface area (Å²) < 4.78 is 0. The monoisotopic (exact) mass is 173 g/mol. The predicted octanol–water partition coefficient (Wildman–Crippen LogP) is 0.148. The van der Waals surface area contributed by atoms with Gasteiger partial charge in [-0.3, -0.25) is 0 Å². The van der Waals surface area contributed by atoms with Crippen molar-refractivity contribution in [2.24, 2.45) is 0 Å². The number of aliphatic hydroxyl groups is 1. The number of rotatable bonds is 0. The van der Waals surface area contributed by atoms with E-state index in [1.165, 1.54) is 6.07 Å². The van der Waals surface area contributed by atoms with Gasteiger partial charge < -0.3 is 21.4 Å². The average Bonchev–Trinajstić information content (AvgIpc) is 1.88. The third-order valence-corrected chi connectivity index (χ3v) is 0.870. The van der Waals surface area contributed by atoms with Crippen LogP contribution in [0.4, 0.5) is 5.69 Å². The molecule has 0 bridgehead atoms. The zero-order chi connectivity index (χ0) is 8.69. The highest BCUT2D eigenvalue weighted by molar-refractivity contribution is 5.42. The minimum Gasteiger partial charge on any atom is -0.508 e. The summed E-state index contributed by atoms with van der Waals surface area (Å²) in [6.45, 7) is 1.93. The van der Waals surface area contributed by atoms with E-state index in [0.717, 1.165) is 0 Å². The molecule has 0 aliphatic carbocycles. The second-order valence-electron chi connectivity index (χ2n) is 1.91. The van der Waals surface area contributed by atoms with Crippen molar-refractivity contribution in [3.8, 4) is 5.75 Å². The second kappa shape index (κ2) is 7.84. The summed E-state index contributed by atoms with van der Waals surface area (Å²) in [4.78, 5) is 0. The SMILES string of the molecule is CCO.Nc1cccc(O)c1.O. The zero-order valence-electron chi connectivity index (χ0n) is 6.99. The molecule has 0 aliphatic rings. The third kappa shape index (κ3) is 6.85. The van der Waals surface area contributed by atoms with E-state index in [2.05, 4.69) is 0 Å². The molecule has 0 spiro atoms. The first kappa shape index (κ1) is 13.3. The van der Waals surface area contributed by atoms with Crippen LogP contribution in [0.5, 0.6) is 5.75 Å². The van der Waals surface area contributed by atoms with Crippen LogP contribution < -0.4 is 5.73 Å². The van der Waals surface area contributed by atoms with E-state index in [-0.39, 0.29) is 17.8 Å². The Hall–Kier alpha value is -1.26. The van der Waals surface area contributed by atoms with Gasteiger partial charge in [0.25, 0.3) is 0 Å². The lowest BCUT2D eigenvalue weighted by molar-refractivity contribution is 0.318. The van der Waals surface area contributed by atoms with Crippen LogP contribution in [-0.2, 0) is 0 Å². The smallest absolute Gasteiger partial charge is 0.117 e. The van der Waals surface area contributed by atoms with Gasteiger partial charge in [-0.05, 0) is 19.1 Å². The summed E-state index contributed by atoms with van der Waals surface area (Å²) in [7, 11) is 0. The van der Waals surface area contributed by atoms with E-state index < -0.39 is 0 Å². The third-order valence-electron chi connectivity index (χ3n) is 0.870. The van der Waals surface area contributed by atoms with Crippen LogP contribution in [0.25, 0.3) is 0 Å². The Kier molecular flexibility index (Phi) is 8.72. The molecule has 0 saturated heterocycles. The first-order valence-electron chi connectivity index (χ1n) is 3.36. The molecule has 4 heteroatoms. The van der Waals surface area contributed by atoms with Gasteiger partial charge >= 0.3 is 0 Å². The zero-order valence-corrected chi connectivity index (χ0v) is 6.99. The van der Waals surface area contributed by atoms with Gasteiger partial charge in [0.05, 0.1) is 0 Å². The fraction of sp³-hybridized carbons (Fsp3) is 0.250. The average molecular weight is 173 g/mol. The summed E-state index contributed by atoms with van der Waals surface area (Å²) in [5.41, 5.74) is 5.89. The van der Waals surface area contributed by atoms with Crippen LogP contribution >= 0.6 is 0 Å². The minimum atomic E-state index is 0. The molecular weight excluding hydrogens is 158 g/mol. The highest BCUT2D eigenvalue weighted by Gasteiger charge is 1.83. The highest BCUT2D eigenvalue weighted by atomic mass is 16.3. The first-order chi connectivity index (χ1) is 5.20. The Morgan fingerprint density at radius 2 is 1.92 bits per heavy atom. The number of benzene rings is 1. The van der Waals surface area contributed by atoms with E-state index in [9.17, 15) is 0 Å². The lowest BCUT2D eigenvalue weighted by Gasteiger charge is -1.90. The summed E-state index contributed by atoms with van der Waals surface area (Å²) in [6.07, 6.45) is 0. The van der Waals surface area contributed by atoms with Crippen LogP contribution in [0.15, 0.2) is 24.3 Å². The minimum absolute atomic E-state index is 0. The molecule has 0 saturated carbocycles. The number of hydrogen-bond acceptors (Lipinski definition) is 3. The van der Waals surface area contributed by atoms with E-state index >= 15 is 0 Å². The van der Waals surface area contributed by atoms with Crippen LogP contribution in [0.3, 0.4) is 0 Å². The maximum atomic E-state index is 8.73. The van der Waals surface area contributed by atoms with Crippen molar-refractivity contribution in [3.63, 3.8) is 0 Å². The van der Waals surface area contributed by atoms with Gasteiger partial charge in [0, 0.05) is 18.4 Å². The fourth-order valence-electron chi connectivity index (χ4n) is 0.525. The molecule has 0 unspecified atom stereocenters. The Bertz CT molecular complexity index is 186. The molecule has 6 N–H and O–H groups in total. The number of aliphatic hydroxyl groups excluding tert-OH is 1. The van der Waals surface area contributed by atoms with Crippen molar-refractivity contribution in [1.29, 1.82) is 0 Å². The lowest BCUT2D eigenvalue weighted by atomic mass is 10.3. The van der Waals surface area contributed by atoms with Crippen molar-refractivity contribution in [2.45, 2.75) is 6.92 Å². The van der Waals surface area contributed by atoms with Crippen LogP contribution in [-0.4, -0.2) is 22.3 Å². The molecule has 4 nitrogen and oxygen atoms in total. The van der Waals surface area contributed by atoms with E-state index in [1.54, 1.807) is 25.1 Å². The maximum absolute atomic E-state index is 8.73. The van der Waals surface area contributed by atoms with Crippen LogP contribution in [0.1, 0.15) is 6.92 Å². The quantitative estimate of drug-likeness (QED) is 0.487. The van der Waals surface area contributed by atoms with Crippen molar-refractivity contribution in [2.75, 3.05) is 12.3 Å². The van der Waals surface area contributed by atoms with Crippen molar-refractivity contribution in [1.82, 2.24) is 0 Å². The standard InChI is InChI=1S/C6H7NO.C2H6O.H2O/c7-5-2-1-3-6(8)4-5;1-2-3;/h1-4,8H,7H2;3H,2H2,1H3;1H2. The normalized spacial score (nSPS) is 7.50. The number of hydrogen-bond donors (Lipinski definition) is 3. The molecule has 1 aromatic carbocycles. The highest BCUT2D eigenvalue weighted by Crippen LogP contribution is 2.10. The summed E-state index contributed by atoms with van der Waals surface area (Å²) in [5.74, 6) is 0.213. The topological polar surface area (TPSA) is 98.0 Å². The molecule has 0 amide bonds. The van der Waals surface area contributed by atoms with Crippen LogP contribution in [0.2, 0.25) is 0 Å². The molecule has 0 heterocycles. The van der Waals surface area contributed by atoms with Gasteiger partial charge in [-0.25, -0.2) is 0 Å². The van der Waals surface area contributed by atoms with Gasteiger partial charge in [0.1, 0.15) is 5.75 Å². The Morgan fingerprint density at radius 1 is 1.42 bits per heavy atom. The lowest BCUT2D eigenvalue weighted by Crippen LogP contribution is -1.80. The number of anilines is 1. The molecular formula is C8H15NO3. The molecule has 0 atom stereocenters. The second-order valence-corrected chi connectivity index (χ2v) is 1.91. The van der Waals surface area contributed by atoms with E-state index in [0.29, 0.717) is 5.69 Å². The Balaban J connectivity index is 0. The van der Waals surface area contributed by atoms with Crippen molar-refractivity contribution >= 4 is 5.69 Å². The largest absolute Gasteiger partial charge is 0.508 e. The summed E-state index contributed by atoms with van der Waals surface area (Å²) in [6, 6.07) is 6.50. The van der Waals surface area contributed by atoms with E-state index in [4.69, 9.17) is 15.9 Å². The number of nitrogens with two attached hydrogens (primary N) is 1. The predicted molar refractivity (Wildman–Crippen MR) is 48.9 cm³/mol. The Morgan fingerprint density at radius 3 is 2.17 bits per heavy atom.